The molecule has 7 nitrogen and oxygen atoms in total. The van der Waals surface area contributed by atoms with E-state index < -0.39 is 11.9 Å². The number of unbranched alkanes of at least 4 members (excludes halogenated alkanes) is 1. The molecule has 0 spiro atoms. The highest BCUT2D eigenvalue weighted by Crippen LogP contribution is 2.19. The molecule has 0 radical (unpaired) electrons. The molecule has 0 amide bonds. The number of hydrogen-bond acceptors (Lipinski definition) is 5. The van der Waals surface area contributed by atoms with Crippen molar-refractivity contribution in [1.29, 1.82) is 0 Å². The number of aliphatic hydroxyl groups is 1. The van der Waals surface area contributed by atoms with Crippen molar-refractivity contribution in [3.63, 3.8) is 0 Å². The topological polar surface area (TPSA) is 116 Å². The van der Waals surface area contributed by atoms with E-state index >= 15 is 0 Å². The van der Waals surface area contributed by atoms with Crippen LogP contribution in [0, 0.1) is 0 Å². The zero-order chi connectivity index (χ0) is 19.6. The molecule has 1 aliphatic rings. The SMILES string of the molecule is CCCCNCC(O)COC1CCCCCCC1.O=C(O)/C=C/C(=O)O. The summed E-state index contributed by atoms with van der Waals surface area (Å²) in [5.41, 5.74) is 0. The van der Waals surface area contributed by atoms with Crippen LogP contribution >= 0.6 is 0 Å². The van der Waals surface area contributed by atoms with Crippen LogP contribution in [0.15, 0.2) is 12.2 Å². The molecule has 0 aromatic carbocycles. The average Bonchev–Trinajstić information content (AvgIpc) is 2.56. The van der Waals surface area contributed by atoms with Crippen LogP contribution in [-0.2, 0) is 14.3 Å². The summed E-state index contributed by atoms with van der Waals surface area (Å²) in [6.45, 7) is 4.32. The highest BCUT2D eigenvalue weighted by atomic mass is 16.5. The summed E-state index contributed by atoms with van der Waals surface area (Å²) < 4.78 is 5.85. The van der Waals surface area contributed by atoms with E-state index in [9.17, 15) is 14.7 Å². The van der Waals surface area contributed by atoms with Crippen LogP contribution < -0.4 is 5.32 Å². The number of carboxylic acids is 2. The Bertz CT molecular complexity index is 375. The largest absolute Gasteiger partial charge is 0.478 e. The Kier molecular flexibility index (Phi) is 16.1. The summed E-state index contributed by atoms with van der Waals surface area (Å²) >= 11 is 0. The summed E-state index contributed by atoms with van der Waals surface area (Å²) in [4.78, 5) is 19.1. The molecule has 152 valence electrons. The molecule has 0 bridgehead atoms. The second-order valence-electron chi connectivity index (χ2n) is 6.52. The fourth-order valence-corrected chi connectivity index (χ4v) is 2.60. The molecule has 0 heterocycles. The fourth-order valence-electron chi connectivity index (χ4n) is 2.60. The van der Waals surface area contributed by atoms with Crippen LogP contribution in [0.1, 0.15) is 64.7 Å². The minimum atomic E-state index is -1.26. The van der Waals surface area contributed by atoms with Gasteiger partial charge in [0.05, 0.1) is 18.8 Å². The van der Waals surface area contributed by atoms with Crippen molar-refractivity contribution >= 4 is 11.9 Å². The number of rotatable bonds is 10. The first kappa shape index (κ1) is 24.6. The maximum Gasteiger partial charge on any atom is 0.328 e. The van der Waals surface area contributed by atoms with Gasteiger partial charge in [0.15, 0.2) is 0 Å². The smallest absolute Gasteiger partial charge is 0.328 e. The molecule has 0 aliphatic heterocycles. The number of carbonyl (C=O) groups is 2. The van der Waals surface area contributed by atoms with Crippen molar-refractivity contribution in [3.8, 4) is 0 Å². The molecule has 0 saturated heterocycles. The second-order valence-corrected chi connectivity index (χ2v) is 6.52. The van der Waals surface area contributed by atoms with Crippen molar-refractivity contribution in [1.82, 2.24) is 5.32 Å². The normalized spacial score (nSPS) is 17.0. The molecule has 0 aromatic heterocycles. The summed E-state index contributed by atoms with van der Waals surface area (Å²) in [6.07, 6.45) is 12.5. The van der Waals surface area contributed by atoms with Gasteiger partial charge in [0, 0.05) is 18.7 Å². The standard InChI is InChI=1S/C15H31NO2.C4H4O4/c1-2-3-11-16-12-14(17)13-18-15-9-7-5-4-6-8-10-15;5-3(6)1-2-4(7)8/h14-17H,2-13H2,1H3;1-2H,(H,5,6)(H,7,8)/b;2-1+. The molecular formula is C19H35NO6. The molecule has 7 heteroatoms. The predicted molar refractivity (Wildman–Crippen MR) is 100 cm³/mol. The van der Waals surface area contributed by atoms with Gasteiger partial charge in [-0.05, 0) is 25.8 Å². The number of carboxylic acid groups (broad SMARTS) is 2. The Labute approximate surface area is 156 Å². The molecule has 1 saturated carbocycles. The summed E-state index contributed by atoms with van der Waals surface area (Å²) in [5.74, 6) is -2.51. The Morgan fingerprint density at radius 3 is 2.12 bits per heavy atom. The monoisotopic (exact) mass is 373 g/mol. The van der Waals surface area contributed by atoms with E-state index in [0.717, 1.165) is 6.54 Å². The van der Waals surface area contributed by atoms with E-state index in [4.69, 9.17) is 14.9 Å². The summed E-state index contributed by atoms with van der Waals surface area (Å²) in [5, 5.41) is 28.7. The van der Waals surface area contributed by atoms with Gasteiger partial charge >= 0.3 is 11.9 Å². The predicted octanol–water partition coefficient (Wildman–Crippen LogP) is 2.58. The average molecular weight is 373 g/mol. The molecule has 1 atom stereocenters. The van der Waals surface area contributed by atoms with Gasteiger partial charge in [-0.3, -0.25) is 0 Å². The quantitative estimate of drug-likeness (QED) is 0.343. The van der Waals surface area contributed by atoms with E-state index in [1.165, 1.54) is 57.8 Å². The van der Waals surface area contributed by atoms with Crippen LogP contribution in [0.5, 0.6) is 0 Å². The third-order valence-corrected chi connectivity index (χ3v) is 4.03. The zero-order valence-corrected chi connectivity index (χ0v) is 15.9. The van der Waals surface area contributed by atoms with Crippen LogP contribution in [0.3, 0.4) is 0 Å². The van der Waals surface area contributed by atoms with E-state index in [0.29, 0.717) is 31.4 Å². The van der Waals surface area contributed by atoms with Crippen molar-refractivity contribution in [3.05, 3.63) is 12.2 Å². The molecule has 26 heavy (non-hydrogen) atoms. The van der Waals surface area contributed by atoms with E-state index in [1.54, 1.807) is 0 Å². The lowest BCUT2D eigenvalue weighted by Crippen LogP contribution is -2.32. The lowest BCUT2D eigenvalue weighted by molar-refractivity contribution is -0.134. The van der Waals surface area contributed by atoms with Crippen LogP contribution in [0.25, 0.3) is 0 Å². The van der Waals surface area contributed by atoms with Crippen molar-refractivity contribution in [2.24, 2.45) is 0 Å². The molecule has 1 fully saturated rings. The van der Waals surface area contributed by atoms with Gasteiger partial charge in [-0.2, -0.15) is 0 Å². The zero-order valence-electron chi connectivity index (χ0n) is 15.9. The van der Waals surface area contributed by atoms with Gasteiger partial charge in [0.2, 0.25) is 0 Å². The lowest BCUT2D eigenvalue weighted by Gasteiger charge is -2.22. The van der Waals surface area contributed by atoms with E-state index in [1.807, 2.05) is 0 Å². The van der Waals surface area contributed by atoms with Gasteiger partial charge in [-0.1, -0.05) is 45.4 Å². The molecule has 1 rings (SSSR count). The minimum absolute atomic E-state index is 0.354. The van der Waals surface area contributed by atoms with Crippen molar-refractivity contribution in [2.45, 2.75) is 76.9 Å². The summed E-state index contributed by atoms with van der Waals surface area (Å²) in [6, 6.07) is 0. The first-order chi connectivity index (χ1) is 12.5. The van der Waals surface area contributed by atoms with E-state index in [2.05, 4.69) is 12.2 Å². The van der Waals surface area contributed by atoms with Gasteiger partial charge in [-0.15, -0.1) is 0 Å². The third-order valence-electron chi connectivity index (χ3n) is 4.03. The first-order valence-corrected chi connectivity index (χ1v) is 9.60. The molecule has 0 aromatic rings. The lowest BCUT2D eigenvalue weighted by atomic mass is 9.98. The highest BCUT2D eigenvalue weighted by Gasteiger charge is 2.13. The minimum Gasteiger partial charge on any atom is -0.478 e. The number of ether oxygens (including phenoxy) is 1. The highest BCUT2D eigenvalue weighted by molar-refractivity contribution is 5.89. The Morgan fingerprint density at radius 1 is 1.08 bits per heavy atom. The fraction of sp³-hybridized carbons (Fsp3) is 0.789. The van der Waals surface area contributed by atoms with Crippen LogP contribution in [0.2, 0.25) is 0 Å². The Morgan fingerprint density at radius 2 is 1.62 bits per heavy atom. The number of aliphatic hydroxyl groups excluding tert-OH is 1. The van der Waals surface area contributed by atoms with Gasteiger partial charge in [0.1, 0.15) is 0 Å². The first-order valence-electron chi connectivity index (χ1n) is 9.60. The maximum absolute atomic E-state index is 9.82. The van der Waals surface area contributed by atoms with Crippen molar-refractivity contribution < 1.29 is 29.6 Å². The molecule has 4 N–H and O–H groups in total. The van der Waals surface area contributed by atoms with E-state index in [-0.39, 0.29) is 6.10 Å². The van der Waals surface area contributed by atoms with Gasteiger partial charge in [-0.25, -0.2) is 9.59 Å². The molecule has 1 unspecified atom stereocenters. The Hall–Kier alpha value is -1.44. The van der Waals surface area contributed by atoms with Gasteiger partial charge < -0.3 is 25.4 Å². The van der Waals surface area contributed by atoms with Crippen molar-refractivity contribution in [2.75, 3.05) is 19.7 Å². The summed E-state index contributed by atoms with van der Waals surface area (Å²) in [7, 11) is 0. The van der Waals surface area contributed by atoms with Gasteiger partial charge in [0.25, 0.3) is 0 Å². The number of nitrogens with one attached hydrogen (secondary N) is 1. The molecule has 1 aliphatic carbocycles. The Balaban J connectivity index is 0.000000660. The van der Waals surface area contributed by atoms with Crippen LogP contribution in [0.4, 0.5) is 0 Å². The van der Waals surface area contributed by atoms with Crippen LogP contribution in [-0.4, -0.2) is 59.2 Å². The molecular weight excluding hydrogens is 338 g/mol. The second kappa shape index (κ2) is 17.0. The maximum atomic E-state index is 9.82. The number of aliphatic carboxylic acids is 2. The third kappa shape index (κ3) is 17.4. The number of hydrogen-bond donors (Lipinski definition) is 4.